The van der Waals surface area contributed by atoms with Crippen LogP contribution in [0.5, 0.6) is 0 Å². The molecular formula is C15H22N2. The Bertz CT molecular complexity index is 535. The number of aryl methyl sites for hydroxylation is 2. The van der Waals surface area contributed by atoms with Crippen LogP contribution >= 0.6 is 0 Å². The lowest BCUT2D eigenvalue weighted by atomic mass is 9.95. The third-order valence-corrected chi connectivity index (χ3v) is 3.42. The number of nitrogens with one attached hydrogen (secondary N) is 2. The van der Waals surface area contributed by atoms with Crippen LogP contribution in [0.15, 0.2) is 12.1 Å². The van der Waals surface area contributed by atoms with Gasteiger partial charge in [0.25, 0.3) is 0 Å². The van der Waals surface area contributed by atoms with E-state index in [4.69, 9.17) is 0 Å². The Morgan fingerprint density at radius 3 is 2.41 bits per heavy atom. The lowest BCUT2D eigenvalue weighted by Crippen LogP contribution is -2.08. The fraction of sp³-hybridized carbons (Fsp3) is 0.467. The minimum Gasteiger partial charge on any atom is -0.357 e. The number of fused-ring (bicyclic) bond motifs is 1. The van der Waals surface area contributed by atoms with Crippen molar-refractivity contribution in [2.75, 3.05) is 7.05 Å². The van der Waals surface area contributed by atoms with E-state index in [1.165, 1.54) is 33.3 Å². The van der Waals surface area contributed by atoms with Crippen LogP contribution in [-0.4, -0.2) is 12.0 Å². The number of rotatable bonds is 3. The summed E-state index contributed by atoms with van der Waals surface area (Å²) in [6, 6.07) is 4.42. The molecular weight excluding hydrogens is 208 g/mol. The van der Waals surface area contributed by atoms with Crippen molar-refractivity contribution in [1.29, 1.82) is 0 Å². The van der Waals surface area contributed by atoms with Gasteiger partial charge in [-0.1, -0.05) is 26.0 Å². The molecule has 17 heavy (non-hydrogen) atoms. The first-order chi connectivity index (χ1) is 8.06. The third kappa shape index (κ3) is 1.98. The summed E-state index contributed by atoms with van der Waals surface area (Å²) < 4.78 is 0. The van der Waals surface area contributed by atoms with E-state index in [0.29, 0.717) is 5.92 Å². The van der Waals surface area contributed by atoms with Crippen molar-refractivity contribution in [3.8, 4) is 0 Å². The SMILES string of the molecule is CNCc1[nH]c2c(C)ccc(C)c2c1C(C)C. The fourth-order valence-corrected chi connectivity index (χ4v) is 2.64. The van der Waals surface area contributed by atoms with Crippen LogP contribution in [0.25, 0.3) is 10.9 Å². The molecule has 0 saturated heterocycles. The summed E-state index contributed by atoms with van der Waals surface area (Å²) in [4.78, 5) is 3.59. The smallest absolute Gasteiger partial charge is 0.0491 e. The molecule has 0 radical (unpaired) electrons. The topological polar surface area (TPSA) is 27.8 Å². The predicted molar refractivity (Wildman–Crippen MR) is 74.6 cm³/mol. The van der Waals surface area contributed by atoms with Crippen molar-refractivity contribution in [3.63, 3.8) is 0 Å². The third-order valence-electron chi connectivity index (χ3n) is 3.42. The molecule has 2 heteroatoms. The zero-order valence-corrected chi connectivity index (χ0v) is 11.4. The summed E-state index contributed by atoms with van der Waals surface area (Å²) in [7, 11) is 2.00. The lowest BCUT2D eigenvalue weighted by molar-refractivity contribution is 0.764. The zero-order chi connectivity index (χ0) is 12.6. The highest BCUT2D eigenvalue weighted by Gasteiger charge is 2.16. The van der Waals surface area contributed by atoms with E-state index >= 15 is 0 Å². The first kappa shape index (κ1) is 12.2. The van der Waals surface area contributed by atoms with E-state index in [9.17, 15) is 0 Å². The standard InChI is InChI=1S/C15H22N2/c1-9(2)13-12(8-16-5)17-15-11(4)7-6-10(3)14(13)15/h6-7,9,16-17H,8H2,1-5H3. The van der Waals surface area contributed by atoms with Gasteiger partial charge >= 0.3 is 0 Å². The largest absolute Gasteiger partial charge is 0.357 e. The van der Waals surface area contributed by atoms with Gasteiger partial charge in [0.05, 0.1) is 0 Å². The lowest BCUT2D eigenvalue weighted by Gasteiger charge is -2.09. The molecule has 1 aromatic carbocycles. The molecule has 0 atom stereocenters. The second-order valence-corrected chi connectivity index (χ2v) is 5.15. The molecule has 2 aromatic rings. The van der Waals surface area contributed by atoms with E-state index in [-0.39, 0.29) is 0 Å². The molecule has 2 nitrogen and oxygen atoms in total. The summed E-state index contributed by atoms with van der Waals surface area (Å²) in [6.45, 7) is 9.81. The quantitative estimate of drug-likeness (QED) is 0.828. The highest BCUT2D eigenvalue weighted by Crippen LogP contribution is 2.33. The van der Waals surface area contributed by atoms with Crippen LogP contribution in [0.3, 0.4) is 0 Å². The minimum atomic E-state index is 0.549. The Balaban J connectivity index is 2.80. The molecule has 0 saturated carbocycles. The summed E-state index contributed by atoms with van der Waals surface area (Å²) in [5, 5.41) is 4.67. The number of hydrogen-bond donors (Lipinski definition) is 2. The van der Waals surface area contributed by atoms with Crippen LogP contribution in [0.1, 0.15) is 42.1 Å². The Kier molecular flexibility index (Phi) is 3.25. The van der Waals surface area contributed by atoms with E-state index in [1.807, 2.05) is 7.05 Å². The van der Waals surface area contributed by atoms with Gasteiger partial charge in [0.1, 0.15) is 0 Å². The van der Waals surface area contributed by atoms with Crippen molar-refractivity contribution >= 4 is 10.9 Å². The number of aromatic nitrogens is 1. The fourth-order valence-electron chi connectivity index (χ4n) is 2.64. The normalized spacial score (nSPS) is 11.6. The van der Waals surface area contributed by atoms with Gasteiger partial charge in [0.15, 0.2) is 0 Å². The molecule has 0 bridgehead atoms. The molecule has 1 aromatic heterocycles. The zero-order valence-electron chi connectivity index (χ0n) is 11.4. The van der Waals surface area contributed by atoms with E-state index in [0.717, 1.165) is 6.54 Å². The number of H-pyrrole nitrogens is 1. The average Bonchev–Trinajstić information content (AvgIpc) is 2.64. The Morgan fingerprint density at radius 1 is 1.18 bits per heavy atom. The second kappa shape index (κ2) is 4.53. The molecule has 0 amide bonds. The van der Waals surface area contributed by atoms with Crippen LogP contribution in [-0.2, 0) is 6.54 Å². The van der Waals surface area contributed by atoms with Gasteiger partial charge < -0.3 is 10.3 Å². The second-order valence-electron chi connectivity index (χ2n) is 5.15. The molecule has 0 aliphatic carbocycles. The molecule has 2 N–H and O–H groups in total. The van der Waals surface area contributed by atoms with Gasteiger partial charge in [-0.3, -0.25) is 0 Å². The minimum absolute atomic E-state index is 0.549. The Morgan fingerprint density at radius 2 is 1.82 bits per heavy atom. The van der Waals surface area contributed by atoms with Gasteiger partial charge in [-0.2, -0.15) is 0 Å². The molecule has 0 aliphatic rings. The first-order valence-electron chi connectivity index (χ1n) is 6.31. The highest BCUT2D eigenvalue weighted by molar-refractivity contribution is 5.90. The van der Waals surface area contributed by atoms with Crippen molar-refractivity contribution in [1.82, 2.24) is 10.3 Å². The Labute approximate surface area is 103 Å². The van der Waals surface area contributed by atoms with Crippen LogP contribution in [0.4, 0.5) is 0 Å². The van der Waals surface area contributed by atoms with Gasteiger partial charge in [-0.25, -0.2) is 0 Å². The molecule has 1 heterocycles. The molecule has 2 rings (SSSR count). The molecule has 0 aliphatic heterocycles. The van der Waals surface area contributed by atoms with Gasteiger partial charge in [0.2, 0.25) is 0 Å². The van der Waals surface area contributed by atoms with E-state index in [2.05, 4.69) is 50.1 Å². The van der Waals surface area contributed by atoms with Gasteiger partial charge in [-0.05, 0) is 43.5 Å². The molecule has 0 spiro atoms. The molecule has 0 unspecified atom stereocenters. The average molecular weight is 230 g/mol. The summed E-state index contributed by atoms with van der Waals surface area (Å²) >= 11 is 0. The van der Waals surface area contributed by atoms with Crippen molar-refractivity contribution < 1.29 is 0 Å². The highest BCUT2D eigenvalue weighted by atomic mass is 14.9. The van der Waals surface area contributed by atoms with Gasteiger partial charge in [0, 0.05) is 23.1 Å². The first-order valence-corrected chi connectivity index (χ1v) is 6.31. The van der Waals surface area contributed by atoms with Crippen molar-refractivity contribution in [2.45, 2.75) is 40.2 Å². The van der Waals surface area contributed by atoms with Crippen LogP contribution < -0.4 is 5.32 Å². The molecule has 92 valence electrons. The summed E-state index contributed by atoms with van der Waals surface area (Å²) in [5.41, 5.74) is 6.80. The van der Waals surface area contributed by atoms with Crippen molar-refractivity contribution in [2.24, 2.45) is 0 Å². The maximum atomic E-state index is 3.59. The summed E-state index contributed by atoms with van der Waals surface area (Å²) in [6.07, 6.45) is 0. The number of benzene rings is 1. The van der Waals surface area contributed by atoms with Crippen LogP contribution in [0.2, 0.25) is 0 Å². The maximum absolute atomic E-state index is 3.59. The number of aromatic amines is 1. The molecule has 0 fully saturated rings. The monoisotopic (exact) mass is 230 g/mol. The number of hydrogen-bond acceptors (Lipinski definition) is 1. The predicted octanol–water partition coefficient (Wildman–Crippen LogP) is 3.63. The maximum Gasteiger partial charge on any atom is 0.0491 e. The summed E-state index contributed by atoms with van der Waals surface area (Å²) in [5.74, 6) is 0.549. The van der Waals surface area contributed by atoms with E-state index in [1.54, 1.807) is 0 Å². The Hall–Kier alpha value is -1.28. The van der Waals surface area contributed by atoms with E-state index < -0.39 is 0 Å². The van der Waals surface area contributed by atoms with Crippen molar-refractivity contribution in [3.05, 3.63) is 34.5 Å². The van der Waals surface area contributed by atoms with Gasteiger partial charge in [-0.15, -0.1) is 0 Å². The van der Waals surface area contributed by atoms with Crippen LogP contribution in [0, 0.1) is 13.8 Å².